The maximum Gasteiger partial charge on any atom is 0.239 e. The first-order valence-electron chi connectivity index (χ1n) is 5.85. The Bertz CT molecular complexity index is 622. The Morgan fingerprint density at radius 1 is 1.11 bits per heavy atom. The number of rotatable bonds is 2. The van der Waals surface area contributed by atoms with E-state index < -0.39 is 0 Å². The number of carbonyl (C=O) groups is 1. The first-order chi connectivity index (χ1) is 8.79. The molecule has 0 aromatic heterocycles. The minimum atomic E-state index is -0.166. The van der Waals surface area contributed by atoms with Gasteiger partial charge in [-0.05, 0) is 28.3 Å². The van der Waals surface area contributed by atoms with Gasteiger partial charge in [-0.2, -0.15) is 0 Å². The lowest BCUT2D eigenvalue weighted by molar-refractivity contribution is -0.113. The molecule has 1 N–H and O–H groups in total. The molecule has 2 aromatic carbocycles. The summed E-state index contributed by atoms with van der Waals surface area (Å²) in [6, 6.07) is 14.3. The Kier molecular flexibility index (Phi) is 2.80. The average Bonchev–Trinajstić information content (AvgIpc) is 2.78. The van der Waals surface area contributed by atoms with Crippen LogP contribution >= 0.6 is 11.6 Å². The Morgan fingerprint density at radius 2 is 1.89 bits per heavy atom. The van der Waals surface area contributed by atoms with E-state index in [0.29, 0.717) is 0 Å². The van der Waals surface area contributed by atoms with Crippen molar-refractivity contribution in [1.82, 2.24) is 0 Å². The summed E-state index contributed by atoms with van der Waals surface area (Å²) in [5.41, 5.74) is 5.82. The van der Waals surface area contributed by atoms with Gasteiger partial charge in [0.2, 0.25) is 5.91 Å². The molecule has 0 atom stereocenters. The highest BCUT2D eigenvalue weighted by atomic mass is 35.5. The summed E-state index contributed by atoms with van der Waals surface area (Å²) in [4.78, 5) is 11.4. The second-order valence-corrected chi connectivity index (χ2v) is 4.61. The van der Waals surface area contributed by atoms with Gasteiger partial charge in [-0.3, -0.25) is 4.79 Å². The summed E-state index contributed by atoms with van der Waals surface area (Å²) in [6.07, 6.45) is 0.865. The minimum Gasteiger partial charge on any atom is -0.325 e. The van der Waals surface area contributed by atoms with Crippen molar-refractivity contribution in [3.63, 3.8) is 0 Å². The van der Waals surface area contributed by atoms with Crippen LogP contribution in [0.1, 0.15) is 11.1 Å². The van der Waals surface area contributed by atoms with Gasteiger partial charge in [0.15, 0.2) is 0 Å². The molecule has 0 fully saturated rings. The fourth-order valence-electron chi connectivity index (χ4n) is 2.46. The molecule has 0 spiro atoms. The Balaban J connectivity index is 2.06. The molecular weight excluding hydrogens is 246 g/mol. The highest BCUT2D eigenvalue weighted by Crippen LogP contribution is 2.39. The standard InChI is InChI=1S/C15H12ClNO/c16-9-15(18)17-14-7-3-6-12-11-5-2-1-4-10(11)8-13(12)14/h1-7H,8-9H2,(H,17,18). The van der Waals surface area contributed by atoms with Gasteiger partial charge in [-0.25, -0.2) is 0 Å². The van der Waals surface area contributed by atoms with Crippen LogP contribution in [0, 0.1) is 0 Å². The Hall–Kier alpha value is -1.80. The molecule has 0 saturated heterocycles. The number of hydrogen-bond donors (Lipinski definition) is 1. The number of carbonyl (C=O) groups excluding carboxylic acids is 1. The van der Waals surface area contributed by atoms with E-state index in [-0.39, 0.29) is 11.8 Å². The van der Waals surface area contributed by atoms with Crippen molar-refractivity contribution in [2.24, 2.45) is 0 Å². The summed E-state index contributed by atoms with van der Waals surface area (Å²) >= 11 is 5.53. The van der Waals surface area contributed by atoms with Crippen LogP contribution in [0.4, 0.5) is 5.69 Å². The van der Waals surface area contributed by atoms with Crippen molar-refractivity contribution in [3.05, 3.63) is 53.6 Å². The van der Waals surface area contributed by atoms with Gasteiger partial charge >= 0.3 is 0 Å². The number of hydrogen-bond acceptors (Lipinski definition) is 1. The van der Waals surface area contributed by atoms with E-state index in [1.54, 1.807) is 0 Å². The molecule has 3 rings (SSSR count). The first kappa shape index (κ1) is 11.3. The number of nitrogens with one attached hydrogen (secondary N) is 1. The molecule has 1 amide bonds. The van der Waals surface area contributed by atoms with Gasteiger partial charge in [-0.15, -0.1) is 11.6 Å². The van der Waals surface area contributed by atoms with Crippen LogP contribution in [0.15, 0.2) is 42.5 Å². The van der Waals surface area contributed by atoms with Crippen LogP contribution < -0.4 is 5.32 Å². The third kappa shape index (κ3) is 1.79. The van der Waals surface area contributed by atoms with E-state index in [1.165, 1.54) is 22.3 Å². The fourth-order valence-corrected chi connectivity index (χ4v) is 2.52. The molecule has 0 saturated carbocycles. The smallest absolute Gasteiger partial charge is 0.239 e. The van der Waals surface area contributed by atoms with Crippen molar-refractivity contribution in [3.8, 4) is 11.1 Å². The molecule has 0 aliphatic heterocycles. The van der Waals surface area contributed by atoms with Gasteiger partial charge < -0.3 is 5.32 Å². The molecule has 0 bridgehead atoms. The highest BCUT2D eigenvalue weighted by Gasteiger charge is 2.20. The lowest BCUT2D eigenvalue weighted by atomic mass is 10.1. The quantitative estimate of drug-likeness (QED) is 0.700. The lowest BCUT2D eigenvalue weighted by Gasteiger charge is -2.09. The van der Waals surface area contributed by atoms with Gasteiger partial charge in [0.25, 0.3) is 0 Å². The predicted molar refractivity (Wildman–Crippen MR) is 74.0 cm³/mol. The van der Waals surface area contributed by atoms with Crippen LogP contribution in [0.25, 0.3) is 11.1 Å². The monoisotopic (exact) mass is 257 g/mol. The van der Waals surface area contributed by atoms with Crippen molar-refractivity contribution in [2.45, 2.75) is 6.42 Å². The zero-order valence-electron chi connectivity index (χ0n) is 9.74. The van der Waals surface area contributed by atoms with Gasteiger partial charge in [0, 0.05) is 12.1 Å². The second-order valence-electron chi connectivity index (χ2n) is 4.35. The number of alkyl halides is 1. The molecule has 0 heterocycles. The lowest BCUT2D eigenvalue weighted by Crippen LogP contribution is -2.13. The molecule has 2 nitrogen and oxygen atoms in total. The number of amides is 1. The Morgan fingerprint density at radius 3 is 2.72 bits per heavy atom. The number of anilines is 1. The maximum atomic E-state index is 11.4. The topological polar surface area (TPSA) is 29.1 Å². The molecule has 1 aliphatic rings. The third-order valence-corrected chi connectivity index (χ3v) is 3.49. The largest absolute Gasteiger partial charge is 0.325 e. The van der Waals surface area contributed by atoms with Crippen LogP contribution in [0.5, 0.6) is 0 Å². The van der Waals surface area contributed by atoms with E-state index in [0.717, 1.165) is 12.1 Å². The molecule has 18 heavy (non-hydrogen) atoms. The van der Waals surface area contributed by atoms with E-state index in [9.17, 15) is 4.79 Å². The van der Waals surface area contributed by atoms with E-state index in [1.807, 2.05) is 24.3 Å². The van der Waals surface area contributed by atoms with E-state index >= 15 is 0 Å². The number of fused-ring (bicyclic) bond motifs is 3. The van der Waals surface area contributed by atoms with Crippen molar-refractivity contribution < 1.29 is 4.79 Å². The number of benzene rings is 2. The zero-order chi connectivity index (χ0) is 12.5. The molecule has 90 valence electrons. The molecule has 2 aromatic rings. The normalized spacial score (nSPS) is 11.8. The summed E-state index contributed by atoms with van der Waals surface area (Å²) in [7, 11) is 0. The maximum absolute atomic E-state index is 11.4. The van der Waals surface area contributed by atoms with Gasteiger partial charge in [-0.1, -0.05) is 36.4 Å². The van der Waals surface area contributed by atoms with Gasteiger partial charge in [0.05, 0.1) is 0 Å². The third-order valence-electron chi connectivity index (χ3n) is 3.25. The van der Waals surface area contributed by atoms with E-state index in [4.69, 9.17) is 11.6 Å². The predicted octanol–water partition coefficient (Wildman–Crippen LogP) is 3.44. The van der Waals surface area contributed by atoms with Crippen LogP contribution in [-0.4, -0.2) is 11.8 Å². The van der Waals surface area contributed by atoms with Crippen LogP contribution in [0.2, 0.25) is 0 Å². The average molecular weight is 258 g/mol. The summed E-state index contributed by atoms with van der Waals surface area (Å²) in [5.74, 6) is -0.183. The molecule has 1 aliphatic carbocycles. The molecule has 0 unspecified atom stereocenters. The van der Waals surface area contributed by atoms with Gasteiger partial charge in [0.1, 0.15) is 5.88 Å². The second kappa shape index (κ2) is 4.46. The van der Waals surface area contributed by atoms with Crippen molar-refractivity contribution in [1.29, 1.82) is 0 Å². The van der Waals surface area contributed by atoms with Crippen LogP contribution in [-0.2, 0) is 11.2 Å². The van der Waals surface area contributed by atoms with Crippen LogP contribution in [0.3, 0.4) is 0 Å². The summed E-state index contributed by atoms with van der Waals surface area (Å²) in [6.45, 7) is 0. The highest BCUT2D eigenvalue weighted by molar-refractivity contribution is 6.29. The molecule has 3 heteroatoms. The summed E-state index contributed by atoms with van der Waals surface area (Å²) < 4.78 is 0. The SMILES string of the molecule is O=C(CCl)Nc1cccc2c1Cc1ccccc1-2. The number of halogens is 1. The zero-order valence-corrected chi connectivity index (χ0v) is 10.5. The van der Waals surface area contributed by atoms with Crippen molar-refractivity contribution >= 4 is 23.2 Å². The molecule has 0 radical (unpaired) electrons. The minimum absolute atomic E-state index is 0.0172. The Labute approximate surface area is 111 Å². The first-order valence-corrected chi connectivity index (χ1v) is 6.39. The summed E-state index contributed by atoms with van der Waals surface area (Å²) in [5, 5.41) is 2.86. The van der Waals surface area contributed by atoms with E-state index in [2.05, 4.69) is 23.5 Å². The molecular formula is C15H12ClNO. The van der Waals surface area contributed by atoms with Crippen molar-refractivity contribution in [2.75, 3.05) is 11.2 Å². The fraction of sp³-hybridized carbons (Fsp3) is 0.133.